The van der Waals surface area contributed by atoms with E-state index in [9.17, 15) is 61.0 Å². The van der Waals surface area contributed by atoms with Gasteiger partial charge >= 0.3 is 0 Å². The predicted molar refractivity (Wildman–Crippen MR) is 393 cm³/mol. The molecule has 3 fully saturated rings. The minimum Gasteiger partial charge on any atom is -0.394 e. The smallest absolute Gasteiger partial charge is 0.220 e. The van der Waals surface area contributed by atoms with E-state index in [-0.39, 0.29) is 18.9 Å². The SMILES string of the molecule is CCCCCCCCCCCC/C=C/CC/C=C/CC/C=C/C(O)C(COC1OC(CO)C(OC2OC(CO)C(OC3OC(CO)C(O)C(O)C3O)C(O)C2O)C(O)C1O)NC(=O)CCCCCCCCCCCCCCCCCCCCCCCCCCCCCCCCCCCC. The van der Waals surface area contributed by atoms with Crippen LogP contribution in [0.4, 0.5) is 0 Å². The second-order valence-corrected chi connectivity index (χ2v) is 29.2. The summed E-state index contributed by atoms with van der Waals surface area (Å²) < 4.78 is 34.4. The molecule has 0 aromatic heterocycles. The van der Waals surface area contributed by atoms with Crippen LogP contribution in [0.3, 0.4) is 0 Å². The Balaban J connectivity index is 1.35. The molecule has 3 aliphatic rings. The van der Waals surface area contributed by atoms with Crippen molar-refractivity contribution in [2.24, 2.45) is 0 Å². The average molecular weight is 1410 g/mol. The van der Waals surface area contributed by atoms with Crippen LogP contribution in [-0.2, 0) is 33.2 Å². The van der Waals surface area contributed by atoms with Crippen LogP contribution < -0.4 is 5.32 Å². The van der Waals surface area contributed by atoms with Crippen molar-refractivity contribution in [1.29, 1.82) is 0 Å². The summed E-state index contributed by atoms with van der Waals surface area (Å²) in [5.74, 6) is -0.283. The molecular formula is C80H149NO18. The molecule has 3 saturated heterocycles. The first-order valence-corrected chi connectivity index (χ1v) is 40.7. The zero-order chi connectivity index (χ0) is 71.8. The maximum atomic E-state index is 13.5. The fraction of sp³-hybridized carbons (Fsp3) is 0.912. The number of hydrogen-bond acceptors (Lipinski definition) is 18. The van der Waals surface area contributed by atoms with Crippen LogP contribution in [0.5, 0.6) is 0 Å². The van der Waals surface area contributed by atoms with Crippen molar-refractivity contribution in [3.63, 3.8) is 0 Å². The molecule has 0 aromatic carbocycles. The van der Waals surface area contributed by atoms with Crippen LogP contribution in [0.2, 0.25) is 0 Å². The van der Waals surface area contributed by atoms with E-state index in [0.29, 0.717) is 12.8 Å². The van der Waals surface area contributed by atoms with Crippen LogP contribution >= 0.6 is 0 Å². The Morgan fingerprint density at radius 1 is 0.354 bits per heavy atom. The van der Waals surface area contributed by atoms with Gasteiger partial charge in [-0.15, -0.1) is 0 Å². The lowest BCUT2D eigenvalue weighted by molar-refractivity contribution is -0.379. The Morgan fingerprint density at radius 3 is 1.01 bits per heavy atom. The van der Waals surface area contributed by atoms with Gasteiger partial charge in [-0.25, -0.2) is 0 Å². The van der Waals surface area contributed by atoms with Crippen molar-refractivity contribution >= 4 is 5.91 Å². The van der Waals surface area contributed by atoms with E-state index in [0.717, 1.165) is 44.9 Å². The summed E-state index contributed by atoms with van der Waals surface area (Å²) in [5, 5.41) is 121. The quantitative estimate of drug-likeness (QED) is 0.0199. The van der Waals surface area contributed by atoms with Crippen molar-refractivity contribution in [2.75, 3.05) is 26.4 Å². The number of amides is 1. The first-order chi connectivity index (χ1) is 48.3. The number of aliphatic hydroxyl groups excluding tert-OH is 11. The molecule has 17 atom stereocenters. The number of rotatable bonds is 65. The summed E-state index contributed by atoms with van der Waals surface area (Å²) in [4.78, 5) is 13.5. The van der Waals surface area contributed by atoms with Gasteiger partial charge in [-0.1, -0.05) is 320 Å². The highest BCUT2D eigenvalue weighted by Crippen LogP contribution is 2.33. The molecule has 0 radical (unpaired) electrons. The van der Waals surface area contributed by atoms with Crippen LogP contribution in [-0.4, -0.2) is 193 Å². The summed E-state index contributed by atoms with van der Waals surface area (Å²) in [6, 6.07) is -0.996. The van der Waals surface area contributed by atoms with Gasteiger partial charge in [0.1, 0.15) is 73.2 Å². The summed E-state index contributed by atoms with van der Waals surface area (Å²) >= 11 is 0. The Morgan fingerprint density at radius 2 is 0.646 bits per heavy atom. The molecule has 582 valence electrons. The highest BCUT2D eigenvalue weighted by Gasteiger charge is 2.54. The molecule has 0 aromatic rings. The van der Waals surface area contributed by atoms with Gasteiger partial charge in [0.2, 0.25) is 5.91 Å². The van der Waals surface area contributed by atoms with Crippen LogP contribution in [0.1, 0.15) is 335 Å². The molecule has 0 bridgehead atoms. The number of unbranched alkanes of at least 4 members (excludes halogenated alkanes) is 45. The fourth-order valence-corrected chi connectivity index (χ4v) is 13.9. The van der Waals surface area contributed by atoms with Crippen molar-refractivity contribution in [3.05, 3.63) is 36.5 Å². The van der Waals surface area contributed by atoms with E-state index in [4.69, 9.17) is 28.4 Å². The van der Waals surface area contributed by atoms with Crippen molar-refractivity contribution in [3.8, 4) is 0 Å². The molecule has 3 rings (SSSR count). The first kappa shape index (κ1) is 91.2. The van der Waals surface area contributed by atoms with Crippen molar-refractivity contribution < 1.29 is 89.4 Å². The Labute approximate surface area is 600 Å². The molecule has 19 heteroatoms. The van der Waals surface area contributed by atoms with Crippen molar-refractivity contribution in [1.82, 2.24) is 5.32 Å². The van der Waals surface area contributed by atoms with E-state index >= 15 is 0 Å². The average Bonchev–Trinajstić information content (AvgIpc) is 0.893. The third-order valence-corrected chi connectivity index (χ3v) is 20.4. The molecule has 12 N–H and O–H groups in total. The van der Waals surface area contributed by atoms with Gasteiger partial charge in [-0.05, 0) is 44.9 Å². The van der Waals surface area contributed by atoms with Gasteiger partial charge in [-0.3, -0.25) is 4.79 Å². The Hall–Kier alpha value is -1.99. The largest absolute Gasteiger partial charge is 0.394 e. The molecule has 0 saturated carbocycles. The molecule has 17 unspecified atom stereocenters. The highest BCUT2D eigenvalue weighted by atomic mass is 16.8. The Bertz CT molecular complexity index is 1930. The number of nitrogens with one attached hydrogen (secondary N) is 1. The molecule has 99 heavy (non-hydrogen) atoms. The second-order valence-electron chi connectivity index (χ2n) is 29.2. The molecule has 1 amide bonds. The molecule has 0 aliphatic carbocycles. The third kappa shape index (κ3) is 41.5. The van der Waals surface area contributed by atoms with Gasteiger partial charge in [-0.2, -0.15) is 0 Å². The number of carbonyl (C=O) groups is 1. The van der Waals surface area contributed by atoms with E-state index in [1.165, 1.54) is 257 Å². The number of hydrogen-bond donors (Lipinski definition) is 12. The fourth-order valence-electron chi connectivity index (χ4n) is 13.9. The minimum absolute atomic E-state index is 0.236. The monoisotopic (exact) mass is 1410 g/mol. The van der Waals surface area contributed by atoms with Gasteiger partial charge in [0.15, 0.2) is 18.9 Å². The number of carbonyl (C=O) groups excluding carboxylic acids is 1. The summed E-state index contributed by atoms with van der Waals surface area (Å²) in [6.07, 6.45) is 48.7. The number of aliphatic hydroxyl groups is 11. The van der Waals surface area contributed by atoms with E-state index < -0.39 is 124 Å². The van der Waals surface area contributed by atoms with Crippen LogP contribution in [0.15, 0.2) is 36.5 Å². The maximum absolute atomic E-state index is 13.5. The highest BCUT2D eigenvalue weighted by molar-refractivity contribution is 5.76. The molecule has 0 spiro atoms. The minimum atomic E-state index is -1.98. The molecular weight excluding hydrogens is 1260 g/mol. The summed E-state index contributed by atoms with van der Waals surface area (Å²) in [5.41, 5.74) is 0. The lowest BCUT2D eigenvalue weighted by atomic mass is 9.96. The van der Waals surface area contributed by atoms with Crippen LogP contribution in [0, 0.1) is 0 Å². The predicted octanol–water partition coefficient (Wildman–Crippen LogP) is 13.5. The third-order valence-electron chi connectivity index (χ3n) is 20.4. The van der Waals surface area contributed by atoms with E-state index in [2.05, 4.69) is 43.5 Å². The van der Waals surface area contributed by atoms with Gasteiger partial charge in [0.05, 0.1) is 38.6 Å². The van der Waals surface area contributed by atoms with Gasteiger partial charge in [0, 0.05) is 6.42 Å². The summed E-state index contributed by atoms with van der Waals surface area (Å²) in [7, 11) is 0. The van der Waals surface area contributed by atoms with Crippen molar-refractivity contribution in [2.45, 2.75) is 439 Å². The number of allylic oxidation sites excluding steroid dienone is 5. The second kappa shape index (κ2) is 61.2. The zero-order valence-corrected chi connectivity index (χ0v) is 62.2. The maximum Gasteiger partial charge on any atom is 0.220 e. The lowest BCUT2D eigenvalue weighted by Gasteiger charge is -2.48. The topological polar surface area (TPSA) is 307 Å². The van der Waals surface area contributed by atoms with Gasteiger partial charge < -0.3 is 89.9 Å². The van der Waals surface area contributed by atoms with Crippen LogP contribution in [0.25, 0.3) is 0 Å². The molecule has 19 nitrogen and oxygen atoms in total. The first-order valence-electron chi connectivity index (χ1n) is 40.7. The van der Waals surface area contributed by atoms with E-state index in [1.54, 1.807) is 6.08 Å². The lowest BCUT2D eigenvalue weighted by Crippen LogP contribution is -2.66. The molecule has 3 heterocycles. The number of ether oxygens (including phenoxy) is 6. The molecule has 3 aliphatic heterocycles. The Kier molecular flexibility index (Phi) is 56.4. The normalized spacial score (nSPS) is 26.7. The standard InChI is InChI=1S/C80H149NO18/c1-3-5-7-9-11-13-15-17-19-21-23-25-26-27-28-29-30-31-32-33-34-35-36-37-38-40-42-44-46-48-50-52-54-56-58-68(86)81-63(64(85)57-55-53-51-49-47-45-43-41-39-24-22-20-18-16-14-12-10-8-6-4-2)62-94-78-74(92)71(89)76(66(60-83)96-78)99-80-75(93)72(90)77(67(61-84)97-80)98-79-73(91)70(88)69(87)65(59-82)95-79/h39,41,47,49,55,57,63-67,69-80,82-85,87-93H,3-38,40,42-46,48,50-54,56,58-62H2,1-2H3,(H,81,86)/b41-39+,49-47+,57-55+. The van der Waals surface area contributed by atoms with E-state index in [1.807, 2.05) is 6.08 Å². The summed E-state index contributed by atoms with van der Waals surface area (Å²) in [6.45, 7) is 1.75. The zero-order valence-electron chi connectivity index (χ0n) is 62.2. The van der Waals surface area contributed by atoms with Gasteiger partial charge in [0.25, 0.3) is 0 Å².